The topological polar surface area (TPSA) is 168 Å². The van der Waals surface area contributed by atoms with Crippen molar-refractivity contribution in [1.29, 1.82) is 0 Å². The number of amides is 2. The van der Waals surface area contributed by atoms with E-state index in [1.54, 1.807) is 12.4 Å². The van der Waals surface area contributed by atoms with Crippen LogP contribution in [0.2, 0.25) is 0 Å². The summed E-state index contributed by atoms with van der Waals surface area (Å²) in [7, 11) is 2.24. The fourth-order valence-electron chi connectivity index (χ4n) is 3.70. The summed E-state index contributed by atoms with van der Waals surface area (Å²) in [4.78, 5) is 61.3. The Balaban J connectivity index is 1.33. The number of rotatable bonds is 11. The monoisotopic (exact) mass is 606 g/mol. The van der Waals surface area contributed by atoms with Crippen LogP contribution in [0.1, 0.15) is 24.1 Å². The number of carbonyl (C=O) groups is 4. The highest BCUT2D eigenvalue weighted by molar-refractivity contribution is 7.65. The van der Waals surface area contributed by atoms with Crippen LogP contribution >= 0.6 is 17.2 Å². The molecule has 2 atom stereocenters. The molecule has 0 aliphatic carbocycles. The Morgan fingerprint density at radius 1 is 0.786 bits per heavy atom. The second-order valence-corrected chi connectivity index (χ2v) is 11.3. The molecular formula is C28H28N6O6P2. The molecule has 0 spiro atoms. The highest BCUT2D eigenvalue weighted by atomic mass is 31.1. The smallest absolute Gasteiger partial charge is 0.406 e. The Hall–Kier alpha value is -4.58. The highest BCUT2D eigenvalue weighted by Gasteiger charge is 2.11. The molecule has 0 aliphatic rings. The molecule has 0 aliphatic heterocycles. The Bertz CT molecular complexity index is 1670. The number of alkyl carbamates (subject to hydrolysis) is 2. The lowest BCUT2D eigenvalue weighted by molar-refractivity contribution is -0.111. The van der Waals surface area contributed by atoms with E-state index in [0.29, 0.717) is 16.8 Å². The van der Waals surface area contributed by atoms with Crippen molar-refractivity contribution in [1.82, 2.24) is 30.6 Å². The van der Waals surface area contributed by atoms with E-state index in [2.05, 4.69) is 51.9 Å². The Labute approximate surface area is 244 Å². The second kappa shape index (κ2) is 14.9. The van der Waals surface area contributed by atoms with E-state index >= 15 is 0 Å². The minimum atomic E-state index is -0.572. The maximum Gasteiger partial charge on any atom is 0.406 e. The van der Waals surface area contributed by atoms with Gasteiger partial charge >= 0.3 is 12.2 Å². The number of imidazole rings is 2. The summed E-state index contributed by atoms with van der Waals surface area (Å²) in [6, 6.07) is 11.9. The summed E-state index contributed by atoms with van der Waals surface area (Å²) in [5.41, 5.74) is 4.22. The maximum absolute atomic E-state index is 12.2. The average molecular weight is 607 g/mol. The van der Waals surface area contributed by atoms with Crippen molar-refractivity contribution in [3.63, 3.8) is 0 Å². The molecule has 4 aromatic rings. The van der Waals surface area contributed by atoms with Gasteiger partial charge in [0.05, 0.1) is 32.3 Å². The van der Waals surface area contributed by atoms with Gasteiger partial charge in [0.25, 0.3) is 0 Å². The number of nitrogens with zero attached hydrogens (tertiary/aromatic N) is 2. The second-order valence-electron chi connectivity index (χ2n) is 8.75. The van der Waals surface area contributed by atoms with Gasteiger partial charge in [-0.05, 0) is 34.9 Å². The molecule has 2 unspecified atom stereocenters. The molecule has 216 valence electrons. The number of methoxy groups -OCH3 is 2. The van der Waals surface area contributed by atoms with E-state index in [9.17, 15) is 19.2 Å². The van der Waals surface area contributed by atoms with Gasteiger partial charge in [0.15, 0.2) is 11.0 Å². The minimum absolute atomic E-state index is 0.0234. The number of aromatic nitrogens is 4. The van der Waals surface area contributed by atoms with Crippen molar-refractivity contribution < 1.29 is 28.7 Å². The maximum atomic E-state index is 12.2. The van der Waals surface area contributed by atoms with Gasteiger partial charge in [0.2, 0.25) is 0 Å². The third-order valence-electron chi connectivity index (χ3n) is 5.77. The first-order chi connectivity index (χ1) is 20.3. The van der Waals surface area contributed by atoms with Crippen molar-refractivity contribution >= 4 is 62.3 Å². The van der Waals surface area contributed by atoms with Crippen molar-refractivity contribution in [3.05, 3.63) is 60.0 Å². The summed E-state index contributed by atoms with van der Waals surface area (Å²) in [5, 5.41) is 7.00. The largest absolute Gasteiger partial charge is 0.453 e. The minimum Gasteiger partial charge on any atom is -0.453 e. The van der Waals surface area contributed by atoms with E-state index in [4.69, 9.17) is 0 Å². The Morgan fingerprint density at radius 3 is 2.05 bits per heavy atom. The molecule has 0 radical (unpaired) electrons. The van der Waals surface area contributed by atoms with E-state index in [-0.39, 0.29) is 54.1 Å². The fourth-order valence-corrected chi connectivity index (χ4v) is 5.38. The number of H-pyrrole nitrogens is 2. The first-order valence-electron chi connectivity index (χ1n) is 12.7. The summed E-state index contributed by atoms with van der Waals surface area (Å²) < 4.78 is 8.96. The van der Waals surface area contributed by atoms with Gasteiger partial charge in [-0.25, -0.2) is 19.6 Å². The zero-order chi connectivity index (χ0) is 29.9. The molecule has 4 rings (SSSR count). The number of benzene rings is 2. The lowest BCUT2D eigenvalue weighted by atomic mass is 10.0. The zero-order valence-corrected chi connectivity index (χ0v) is 24.8. The fraction of sp³-hybridized carbons (Fsp3) is 0.214. The van der Waals surface area contributed by atoms with Gasteiger partial charge in [0.1, 0.15) is 16.8 Å². The highest BCUT2D eigenvalue weighted by Crippen LogP contribution is 2.24. The third-order valence-corrected chi connectivity index (χ3v) is 7.81. The quantitative estimate of drug-likeness (QED) is 0.149. The van der Waals surface area contributed by atoms with Gasteiger partial charge in [-0.2, -0.15) is 0 Å². The summed E-state index contributed by atoms with van der Waals surface area (Å²) in [5.74, 6) is 6.17. The predicted molar refractivity (Wildman–Crippen MR) is 162 cm³/mol. The zero-order valence-electron chi connectivity index (χ0n) is 22.8. The van der Waals surface area contributed by atoms with Gasteiger partial charge in [0, 0.05) is 54.2 Å². The number of fused-ring (bicyclic) bond motifs is 1. The standard InChI is InChI=1S/C28H28N6O6P2/c1-39-27(37)29-11-9-23(35)41-25-31-15-21(33-25)8-4-17-3-5-19-14-20(7-6-18(19)13-17)22-16-32-26(34-22)42-24(36)10-12-30-28(38)40-2/h3,5-7,13-16,41-42H,9-12H2,1-2H3,(H,29,37)(H,30,38)(H,31,33)(H,32,34). The van der Waals surface area contributed by atoms with Crippen LogP contribution in [0.15, 0.2) is 48.8 Å². The number of ether oxygens (including phenoxy) is 2. The van der Waals surface area contributed by atoms with Gasteiger partial charge in [-0.3, -0.25) is 9.59 Å². The molecule has 42 heavy (non-hydrogen) atoms. The number of carbonyl (C=O) groups excluding carboxylic acids is 4. The first-order valence-corrected chi connectivity index (χ1v) is 14.7. The van der Waals surface area contributed by atoms with Crippen LogP contribution in [0.25, 0.3) is 22.0 Å². The molecule has 0 saturated heterocycles. The van der Waals surface area contributed by atoms with Crippen molar-refractivity contribution in [3.8, 4) is 23.1 Å². The molecule has 2 aromatic heterocycles. The Morgan fingerprint density at radius 2 is 1.38 bits per heavy atom. The average Bonchev–Trinajstić information content (AvgIpc) is 3.64. The molecular weight excluding hydrogens is 578 g/mol. The summed E-state index contributed by atoms with van der Waals surface area (Å²) >= 11 is 0. The van der Waals surface area contributed by atoms with Crippen LogP contribution in [0, 0.1) is 11.8 Å². The lowest BCUT2D eigenvalue weighted by Gasteiger charge is -2.03. The van der Waals surface area contributed by atoms with E-state index in [1.165, 1.54) is 14.2 Å². The lowest BCUT2D eigenvalue weighted by Crippen LogP contribution is -2.25. The van der Waals surface area contributed by atoms with Crippen LogP contribution in [-0.4, -0.2) is 70.5 Å². The molecule has 0 bridgehead atoms. The van der Waals surface area contributed by atoms with Gasteiger partial charge < -0.3 is 30.1 Å². The molecule has 0 fully saturated rings. The van der Waals surface area contributed by atoms with Crippen LogP contribution in [-0.2, 0) is 19.1 Å². The Kier molecular flexibility index (Phi) is 10.8. The van der Waals surface area contributed by atoms with Gasteiger partial charge in [-0.1, -0.05) is 24.1 Å². The number of hydrogen-bond acceptors (Lipinski definition) is 8. The van der Waals surface area contributed by atoms with Crippen LogP contribution in [0.5, 0.6) is 0 Å². The molecule has 2 aromatic carbocycles. The van der Waals surface area contributed by atoms with Crippen molar-refractivity contribution in [2.24, 2.45) is 0 Å². The van der Waals surface area contributed by atoms with Crippen LogP contribution < -0.4 is 21.8 Å². The summed E-state index contributed by atoms with van der Waals surface area (Å²) in [6.07, 6.45) is 2.54. The molecule has 2 amide bonds. The molecule has 4 N–H and O–H groups in total. The normalized spacial score (nSPS) is 11.0. The van der Waals surface area contributed by atoms with E-state index < -0.39 is 12.2 Å². The molecule has 12 nitrogen and oxygen atoms in total. The number of hydrogen-bond donors (Lipinski definition) is 4. The van der Waals surface area contributed by atoms with Gasteiger partial charge in [-0.15, -0.1) is 0 Å². The number of nitrogens with one attached hydrogen (secondary N) is 4. The SMILES string of the molecule is COC(=O)NCCC(=O)Pc1ncc(C#Cc2ccc3cc(-c4cnc(PC(=O)CCNC(=O)OC)[nH]4)ccc3c2)[nH]1. The third kappa shape index (κ3) is 8.96. The van der Waals surface area contributed by atoms with E-state index in [1.807, 2.05) is 36.4 Å². The first kappa shape index (κ1) is 30.4. The molecule has 14 heteroatoms. The summed E-state index contributed by atoms with van der Waals surface area (Å²) in [6.45, 7) is 0.421. The predicted octanol–water partition coefficient (Wildman–Crippen LogP) is 2.51. The van der Waals surface area contributed by atoms with Crippen LogP contribution in [0.4, 0.5) is 9.59 Å². The molecule has 2 heterocycles. The van der Waals surface area contributed by atoms with E-state index in [0.717, 1.165) is 27.6 Å². The number of aromatic amines is 2. The van der Waals surface area contributed by atoms with Crippen molar-refractivity contribution in [2.75, 3.05) is 27.3 Å². The van der Waals surface area contributed by atoms with Crippen LogP contribution in [0.3, 0.4) is 0 Å². The van der Waals surface area contributed by atoms with Crippen molar-refractivity contribution in [2.45, 2.75) is 12.8 Å². The molecule has 0 saturated carbocycles.